The van der Waals surface area contributed by atoms with Crippen molar-refractivity contribution < 1.29 is 36.8 Å². The smallest absolute Gasteiger partial charge is 0.325 e. The van der Waals surface area contributed by atoms with Gasteiger partial charge in [-0.1, -0.05) is 26.0 Å². The van der Waals surface area contributed by atoms with Crippen LogP contribution in [0, 0.1) is 21.8 Å². The first kappa shape index (κ1) is 26.7. The molecule has 2 N–H and O–H groups in total. The van der Waals surface area contributed by atoms with Gasteiger partial charge in [0.15, 0.2) is 6.10 Å². The molecule has 0 aliphatic heterocycles. The Morgan fingerprint density at radius 3 is 2.32 bits per heavy atom. The standard InChI is InChI=1S/C21H24FN3O8S/c1-12(2)19(24-34(30,31)18-8-6-5-7-15(18)22)21(27)33-13(3)20(26)23-16-11-14(25(28)29)9-10-17(16)32-4/h5-13,19,24H,1-4H3,(H,23,26)/t13?,19-/m0/s1. The molecular formula is C21H24FN3O8S. The van der Waals surface area contributed by atoms with Crippen LogP contribution in [-0.2, 0) is 24.3 Å². The minimum atomic E-state index is -4.41. The van der Waals surface area contributed by atoms with Crippen LogP contribution < -0.4 is 14.8 Å². The number of halogens is 1. The van der Waals surface area contributed by atoms with E-state index in [1.807, 2.05) is 0 Å². The minimum Gasteiger partial charge on any atom is -0.495 e. The first-order chi connectivity index (χ1) is 15.9. The van der Waals surface area contributed by atoms with Crippen molar-refractivity contribution >= 4 is 33.3 Å². The Kier molecular flexibility index (Phi) is 8.65. The molecule has 0 saturated carbocycles. The van der Waals surface area contributed by atoms with E-state index in [1.165, 1.54) is 52.1 Å². The Morgan fingerprint density at radius 2 is 1.76 bits per heavy atom. The number of non-ortho nitro benzene ring substituents is 1. The highest BCUT2D eigenvalue weighted by Crippen LogP contribution is 2.29. The number of nitrogens with zero attached hydrogens (tertiary/aromatic N) is 1. The molecule has 11 nitrogen and oxygen atoms in total. The van der Waals surface area contributed by atoms with Crippen molar-refractivity contribution in [3.05, 3.63) is 58.4 Å². The molecule has 2 atom stereocenters. The molecule has 1 unspecified atom stereocenters. The van der Waals surface area contributed by atoms with Crippen LogP contribution in [-0.4, -0.2) is 44.5 Å². The second-order valence-electron chi connectivity index (χ2n) is 7.48. The number of carbonyl (C=O) groups is 2. The molecule has 184 valence electrons. The summed E-state index contributed by atoms with van der Waals surface area (Å²) in [5.74, 6) is -3.38. The number of sulfonamides is 1. The Bertz CT molecular complexity index is 1190. The molecule has 0 saturated heterocycles. The number of anilines is 1. The predicted octanol–water partition coefficient (Wildman–Crippen LogP) is 2.62. The highest BCUT2D eigenvalue weighted by atomic mass is 32.2. The minimum absolute atomic E-state index is 0.0229. The summed E-state index contributed by atoms with van der Waals surface area (Å²) < 4.78 is 51.4. The summed E-state index contributed by atoms with van der Waals surface area (Å²) in [6.07, 6.45) is -1.41. The van der Waals surface area contributed by atoms with Gasteiger partial charge in [-0.15, -0.1) is 0 Å². The van der Waals surface area contributed by atoms with Crippen molar-refractivity contribution in [2.75, 3.05) is 12.4 Å². The molecule has 0 radical (unpaired) electrons. The fourth-order valence-electron chi connectivity index (χ4n) is 2.79. The third kappa shape index (κ3) is 6.48. The van der Waals surface area contributed by atoms with Crippen molar-refractivity contribution in [2.24, 2.45) is 5.92 Å². The van der Waals surface area contributed by atoms with E-state index in [0.717, 1.165) is 18.2 Å². The topological polar surface area (TPSA) is 154 Å². The number of hydrogen-bond acceptors (Lipinski definition) is 8. The highest BCUT2D eigenvalue weighted by molar-refractivity contribution is 7.89. The molecule has 2 aromatic rings. The molecule has 1 amide bonds. The molecule has 0 bridgehead atoms. The van der Waals surface area contributed by atoms with Gasteiger partial charge in [-0.2, -0.15) is 4.72 Å². The SMILES string of the molecule is COc1ccc([N+](=O)[O-])cc1NC(=O)C(C)OC(=O)[C@@H](NS(=O)(=O)c1ccccc1F)C(C)C. The summed E-state index contributed by atoms with van der Waals surface area (Å²) in [5, 5.41) is 13.4. The summed E-state index contributed by atoms with van der Waals surface area (Å²) >= 11 is 0. The maximum absolute atomic E-state index is 14.0. The molecule has 34 heavy (non-hydrogen) atoms. The van der Waals surface area contributed by atoms with Gasteiger partial charge in [0, 0.05) is 12.1 Å². The number of nitrogens with one attached hydrogen (secondary N) is 2. The monoisotopic (exact) mass is 497 g/mol. The maximum Gasteiger partial charge on any atom is 0.325 e. The lowest BCUT2D eigenvalue weighted by molar-refractivity contribution is -0.384. The van der Waals surface area contributed by atoms with Gasteiger partial charge in [-0.3, -0.25) is 19.7 Å². The third-order valence-electron chi connectivity index (χ3n) is 4.64. The van der Waals surface area contributed by atoms with Crippen LogP contribution in [0.15, 0.2) is 47.4 Å². The molecule has 0 spiro atoms. The Labute approximate surface area is 195 Å². The molecule has 0 aromatic heterocycles. The normalized spacial score (nSPS) is 13.1. The molecule has 0 aliphatic carbocycles. The fourth-order valence-corrected chi connectivity index (χ4v) is 4.20. The number of nitro groups is 1. The number of esters is 1. The number of methoxy groups -OCH3 is 1. The van der Waals surface area contributed by atoms with Gasteiger partial charge in [0.1, 0.15) is 22.5 Å². The molecule has 2 aromatic carbocycles. The first-order valence-corrected chi connectivity index (χ1v) is 11.5. The van der Waals surface area contributed by atoms with E-state index >= 15 is 0 Å². The number of carbonyl (C=O) groups excluding carboxylic acids is 2. The molecule has 13 heteroatoms. The van der Waals surface area contributed by atoms with Crippen LogP contribution in [0.1, 0.15) is 20.8 Å². The zero-order valence-electron chi connectivity index (χ0n) is 18.8. The van der Waals surface area contributed by atoms with Gasteiger partial charge in [0.25, 0.3) is 11.6 Å². The van der Waals surface area contributed by atoms with Gasteiger partial charge in [-0.05, 0) is 31.0 Å². The van der Waals surface area contributed by atoms with E-state index in [9.17, 15) is 32.5 Å². The van der Waals surface area contributed by atoms with E-state index < -0.39 is 55.6 Å². The number of nitro benzene ring substituents is 1. The van der Waals surface area contributed by atoms with Crippen LogP contribution in [0.3, 0.4) is 0 Å². The Morgan fingerprint density at radius 1 is 1.12 bits per heavy atom. The second-order valence-corrected chi connectivity index (χ2v) is 9.17. The average Bonchev–Trinajstić information content (AvgIpc) is 2.77. The average molecular weight is 498 g/mol. The van der Waals surface area contributed by atoms with Gasteiger partial charge in [0.2, 0.25) is 10.0 Å². The summed E-state index contributed by atoms with van der Waals surface area (Å²) in [6.45, 7) is 4.31. The van der Waals surface area contributed by atoms with E-state index in [-0.39, 0.29) is 17.1 Å². The molecule has 0 heterocycles. The zero-order chi connectivity index (χ0) is 25.6. The zero-order valence-corrected chi connectivity index (χ0v) is 19.6. The molecular weight excluding hydrogens is 473 g/mol. The summed E-state index contributed by atoms with van der Waals surface area (Å²) in [7, 11) is -3.11. The number of benzene rings is 2. The lowest BCUT2D eigenvalue weighted by Gasteiger charge is -2.23. The highest BCUT2D eigenvalue weighted by Gasteiger charge is 2.33. The first-order valence-electron chi connectivity index (χ1n) is 9.98. The number of ether oxygens (including phenoxy) is 2. The lowest BCUT2D eigenvalue weighted by Crippen LogP contribution is -2.47. The van der Waals surface area contributed by atoms with E-state index in [1.54, 1.807) is 0 Å². The van der Waals surface area contributed by atoms with Crippen molar-refractivity contribution in [1.29, 1.82) is 0 Å². The lowest BCUT2D eigenvalue weighted by atomic mass is 10.1. The van der Waals surface area contributed by atoms with Gasteiger partial charge < -0.3 is 14.8 Å². The number of rotatable bonds is 10. The van der Waals surface area contributed by atoms with Gasteiger partial charge in [-0.25, -0.2) is 12.8 Å². The van der Waals surface area contributed by atoms with Crippen molar-refractivity contribution in [1.82, 2.24) is 4.72 Å². The fraction of sp³-hybridized carbons (Fsp3) is 0.333. The van der Waals surface area contributed by atoms with Crippen molar-refractivity contribution in [3.8, 4) is 5.75 Å². The molecule has 0 fully saturated rings. The molecule has 2 rings (SSSR count). The molecule has 0 aliphatic rings. The van der Waals surface area contributed by atoms with E-state index in [2.05, 4.69) is 10.0 Å². The van der Waals surface area contributed by atoms with Gasteiger partial charge >= 0.3 is 5.97 Å². The van der Waals surface area contributed by atoms with Crippen LogP contribution in [0.4, 0.5) is 15.8 Å². The quantitative estimate of drug-likeness (QED) is 0.288. The summed E-state index contributed by atoms with van der Waals surface area (Å²) in [4.78, 5) is 34.9. The third-order valence-corrected chi connectivity index (χ3v) is 6.12. The van der Waals surface area contributed by atoms with E-state index in [0.29, 0.717) is 0 Å². The summed E-state index contributed by atoms with van der Waals surface area (Å²) in [6, 6.07) is 6.78. The van der Waals surface area contributed by atoms with E-state index in [4.69, 9.17) is 9.47 Å². The van der Waals surface area contributed by atoms with Crippen LogP contribution in [0.2, 0.25) is 0 Å². The number of hydrogen-bond donors (Lipinski definition) is 2. The summed E-state index contributed by atoms with van der Waals surface area (Å²) in [5.41, 5.74) is -0.326. The van der Waals surface area contributed by atoms with Crippen LogP contribution in [0.5, 0.6) is 5.75 Å². The number of amides is 1. The largest absolute Gasteiger partial charge is 0.495 e. The second kappa shape index (κ2) is 11.0. The Balaban J connectivity index is 2.16. The maximum atomic E-state index is 14.0. The van der Waals surface area contributed by atoms with Crippen molar-refractivity contribution in [3.63, 3.8) is 0 Å². The van der Waals surface area contributed by atoms with Gasteiger partial charge in [0.05, 0.1) is 17.7 Å². The Hall–Kier alpha value is -3.58. The predicted molar refractivity (Wildman–Crippen MR) is 119 cm³/mol. The van der Waals surface area contributed by atoms with Crippen LogP contribution in [0.25, 0.3) is 0 Å². The van der Waals surface area contributed by atoms with Crippen LogP contribution >= 0.6 is 0 Å². The van der Waals surface area contributed by atoms with Crippen molar-refractivity contribution in [2.45, 2.75) is 37.8 Å².